The van der Waals surface area contributed by atoms with Crippen LogP contribution in [0.25, 0.3) is 5.65 Å². The average molecular weight is 516 g/mol. The maximum Gasteiger partial charge on any atom is 0.410 e. The zero-order valence-electron chi connectivity index (χ0n) is 21.5. The summed E-state index contributed by atoms with van der Waals surface area (Å²) in [5, 5.41) is 11.6. The Labute approximate surface area is 216 Å². The highest BCUT2D eigenvalue weighted by atomic mass is 16.6. The average Bonchev–Trinajstić information content (AvgIpc) is 3.62. The van der Waals surface area contributed by atoms with Crippen LogP contribution in [-0.2, 0) is 25.7 Å². The third-order valence-electron chi connectivity index (χ3n) is 7.01. The van der Waals surface area contributed by atoms with Crippen LogP contribution in [0.1, 0.15) is 69.9 Å². The van der Waals surface area contributed by atoms with E-state index in [0.717, 1.165) is 12.8 Å². The van der Waals surface area contributed by atoms with Gasteiger partial charge in [-0.05, 0) is 57.6 Å². The van der Waals surface area contributed by atoms with Crippen molar-refractivity contribution >= 4 is 23.6 Å². The Morgan fingerprint density at radius 2 is 1.92 bits per heavy atom. The molecule has 2 aromatic rings. The predicted molar refractivity (Wildman–Crippen MR) is 134 cm³/mol. The predicted octanol–water partition coefficient (Wildman–Crippen LogP) is 1.42. The van der Waals surface area contributed by atoms with Gasteiger partial charge in [0.15, 0.2) is 11.5 Å². The SMILES string of the molecule is CC(C)(N)C(=O)N[C@H](COCC1CCCC1)c1nnc2cccc(COC(=O)N3CCCC3C(N)=O)n12. The number of fused-ring (bicyclic) bond motifs is 1. The van der Waals surface area contributed by atoms with Crippen LogP contribution in [0.5, 0.6) is 0 Å². The molecule has 3 heterocycles. The van der Waals surface area contributed by atoms with E-state index < -0.39 is 29.6 Å². The molecule has 0 bridgehead atoms. The van der Waals surface area contributed by atoms with E-state index in [0.29, 0.717) is 49.1 Å². The molecular formula is C25H37N7O5. The van der Waals surface area contributed by atoms with Crippen LogP contribution in [0, 0.1) is 5.92 Å². The Morgan fingerprint density at radius 1 is 1.16 bits per heavy atom. The van der Waals surface area contributed by atoms with Crippen molar-refractivity contribution < 1.29 is 23.9 Å². The third-order valence-corrected chi connectivity index (χ3v) is 7.01. The van der Waals surface area contributed by atoms with Crippen LogP contribution in [-0.4, -0.2) is 68.7 Å². The van der Waals surface area contributed by atoms with E-state index in [1.807, 2.05) is 0 Å². The summed E-state index contributed by atoms with van der Waals surface area (Å²) in [6.45, 7) is 4.38. The van der Waals surface area contributed by atoms with Gasteiger partial charge in [-0.2, -0.15) is 0 Å². The summed E-state index contributed by atoms with van der Waals surface area (Å²) in [7, 11) is 0. The van der Waals surface area contributed by atoms with Gasteiger partial charge in [0.1, 0.15) is 18.7 Å². The molecule has 2 aliphatic rings. The number of pyridine rings is 1. The molecule has 2 atom stereocenters. The summed E-state index contributed by atoms with van der Waals surface area (Å²) in [6, 6.07) is 4.06. The molecule has 1 aliphatic carbocycles. The maximum absolute atomic E-state index is 12.8. The molecule has 0 aromatic carbocycles. The molecule has 2 aromatic heterocycles. The van der Waals surface area contributed by atoms with Crippen LogP contribution in [0.15, 0.2) is 18.2 Å². The lowest BCUT2D eigenvalue weighted by atomic mass is 10.1. The fraction of sp³-hybridized carbons (Fsp3) is 0.640. The first-order chi connectivity index (χ1) is 17.6. The molecule has 1 unspecified atom stereocenters. The first kappa shape index (κ1) is 26.8. The zero-order valence-corrected chi connectivity index (χ0v) is 21.5. The van der Waals surface area contributed by atoms with Crippen molar-refractivity contribution in [2.24, 2.45) is 17.4 Å². The fourth-order valence-corrected chi connectivity index (χ4v) is 4.92. The zero-order chi connectivity index (χ0) is 26.6. The minimum Gasteiger partial charge on any atom is -0.443 e. The molecule has 37 heavy (non-hydrogen) atoms. The second-order valence-electron chi connectivity index (χ2n) is 10.5. The number of carbonyl (C=O) groups is 3. The first-order valence-corrected chi connectivity index (χ1v) is 12.9. The molecule has 2 fully saturated rings. The first-order valence-electron chi connectivity index (χ1n) is 12.9. The Bertz CT molecular complexity index is 1120. The summed E-state index contributed by atoms with van der Waals surface area (Å²) in [5.41, 5.74) is 11.5. The van der Waals surface area contributed by atoms with E-state index in [9.17, 15) is 14.4 Å². The second-order valence-corrected chi connectivity index (χ2v) is 10.5. The number of hydrogen-bond donors (Lipinski definition) is 3. The number of aromatic nitrogens is 3. The third kappa shape index (κ3) is 6.37. The summed E-state index contributed by atoms with van der Waals surface area (Å²) in [6.07, 6.45) is 5.31. The van der Waals surface area contributed by atoms with Gasteiger partial charge in [0.2, 0.25) is 11.8 Å². The number of hydrogen-bond acceptors (Lipinski definition) is 8. The standard InChI is InChI=1S/C25H37N7O5/c1-25(2,27)23(34)28-18(15-36-13-16-7-3-4-8-16)22-30-29-20-11-5-9-17(32(20)22)14-37-24(35)31-12-6-10-19(31)21(26)33/h5,9,11,16,18-19H,3-4,6-8,10,12-15,27H2,1-2H3,(H2,26,33)(H,28,34)/t18-,19?/m1/s1. The van der Waals surface area contributed by atoms with E-state index in [-0.39, 0.29) is 19.1 Å². The van der Waals surface area contributed by atoms with Crippen LogP contribution >= 0.6 is 0 Å². The van der Waals surface area contributed by atoms with Gasteiger partial charge in [0.25, 0.3) is 0 Å². The minimum atomic E-state index is -1.10. The highest BCUT2D eigenvalue weighted by Crippen LogP contribution is 2.26. The monoisotopic (exact) mass is 515 g/mol. The number of amides is 3. The largest absolute Gasteiger partial charge is 0.443 e. The van der Waals surface area contributed by atoms with Crippen LogP contribution in [0.3, 0.4) is 0 Å². The maximum atomic E-state index is 12.8. The van der Waals surface area contributed by atoms with Crippen LogP contribution in [0.4, 0.5) is 4.79 Å². The molecule has 12 nitrogen and oxygen atoms in total. The lowest BCUT2D eigenvalue weighted by molar-refractivity contribution is -0.126. The molecule has 4 rings (SSSR count). The molecule has 0 spiro atoms. The number of carbonyl (C=O) groups excluding carboxylic acids is 3. The van der Waals surface area contributed by atoms with Crippen molar-refractivity contribution in [2.45, 2.75) is 76.6 Å². The molecule has 1 aliphatic heterocycles. The minimum absolute atomic E-state index is 0.0881. The van der Waals surface area contributed by atoms with E-state index in [4.69, 9.17) is 20.9 Å². The van der Waals surface area contributed by atoms with Gasteiger partial charge >= 0.3 is 6.09 Å². The molecule has 0 radical (unpaired) electrons. The van der Waals surface area contributed by atoms with Crippen molar-refractivity contribution in [2.75, 3.05) is 19.8 Å². The highest BCUT2D eigenvalue weighted by molar-refractivity contribution is 5.85. The van der Waals surface area contributed by atoms with Gasteiger partial charge in [0.05, 0.1) is 17.8 Å². The summed E-state index contributed by atoms with van der Waals surface area (Å²) in [5.74, 6) is 0.0647. The van der Waals surface area contributed by atoms with Gasteiger partial charge < -0.3 is 26.3 Å². The quantitative estimate of drug-likeness (QED) is 0.427. The van der Waals surface area contributed by atoms with E-state index in [2.05, 4.69) is 15.5 Å². The molecule has 12 heteroatoms. The molecule has 1 saturated heterocycles. The number of nitrogens with zero attached hydrogens (tertiary/aromatic N) is 4. The smallest absolute Gasteiger partial charge is 0.410 e. The van der Waals surface area contributed by atoms with Gasteiger partial charge in [-0.1, -0.05) is 18.9 Å². The van der Waals surface area contributed by atoms with E-state index in [1.165, 1.54) is 17.7 Å². The number of likely N-dealkylation sites (tertiary alicyclic amines) is 1. The van der Waals surface area contributed by atoms with Crippen molar-refractivity contribution in [3.63, 3.8) is 0 Å². The summed E-state index contributed by atoms with van der Waals surface area (Å²) in [4.78, 5) is 38.5. The van der Waals surface area contributed by atoms with Crippen LogP contribution in [0.2, 0.25) is 0 Å². The number of nitrogens with one attached hydrogen (secondary N) is 1. The topological polar surface area (TPSA) is 167 Å². The number of nitrogens with two attached hydrogens (primary N) is 2. The van der Waals surface area contributed by atoms with Crippen LogP contribution < -0.4 is 16.8 Å². The Kier molecular flexibility index (Phi) is 8.28. The van der Waals surface area contributed by atoms with Crippen molar-refractivity contribution in [3.8, 4) is 0 Å². The molecule has 202 valence electrons. The van der Waals surface area contributed by atoms with Crippen molar-refractivity contribution in [3.05, 3.63) is 29.7 Å². The molecular weight excluding hydrogens is 478 g/mol. The van der Waals surface area contributed by atoms with Gasteiger partial charge in [-0.25, -0.2) is 4.79 Å². The van der Waals surface area contributed by atoms with Gasteiger partial charge in [-0.15, -0.1) is 10.2 Å². The van der Waals surface area contributed by atoms with Crippen molar-refractivity contribution in [1.82, 2.24) is 24.8 Å². The Morgan fingerprint density at radius 3 is 2.62 bits per heavy atom. The van der Waals surface area contributed by atoms with Gasteiger partial charge in [0, 0.05) is 13.2 Å². The Hall–Kier alpha value is -3.25. The molecule has 3 amide bonds. The van der Waals surface area contributed by atoms with Gasteiger partial charge in [-0.3, -0.25) is 18.9 Å². The lowest BCUT2D eigenvalue weighted by Crippen LogP contribution is -2.51. The highest BCUT2D eigenvalue weighted by Gasteiger charge is 2.34. The number of rotatable bonds is 10. The summed E-state index contributed by atoms with van der Waals surface area (Å²) >= 11 is 0. The lowest BCUT2D eigenvalue weighted by Gasteiger charge is -2.24. The Balaban J connectivity index is 1.54. The molecule has 1 saturated carbocycles. The van der Waals surface area contributed by atoms with E-state index >= 15 is 0 Å². The number of primary amides is 1. The van der Waals surface area contributed by atoms with E-state index in [1.54, 1.807) is 36.4 Å². The number of ether oxygens (including phenoxy) is 2. The summed E-state index contributed by atoms with van der Waals surface area (Å²) < 4.78 is 13.3. The molecule has 5 N–H and O–H groups in total. The normalized spacial score (nSPS) is 19.3. The fourth-order valence-electron chi connectivity index (χ4n) is 4.92. The second kappa shape index (κ2) is 11.4. The van der Waals surface area contributed by atoms with Crippen molar-refractivity contribution in [1.29, 1.82) is 0 Å².